The zero-order valence-corrected chi connectivity index (χ0v) is 20.7. The number of unbranched alkanes of at least 4 members (excludes halogenated alkanes) is 4. The molecule has 4 rings (SSSR count). The quantitative estimate of drug-likeness (QED) is 0.176. The standard InChI is InChI=1S/C30H40N2O2/c1-2-3-4-8-14-30(33)34-27-15-16-29-28(22-27)26(23-31-29)13-9-10-19-32-20-17-25(18-21-32)24-11-6-5-7-12-24/h5-7,11-12,15-16,22-23,25,31H,2-4,8-10,13-14,17-21H2,1H3. The molecule has 1 aliphatic heterocycles. The number of H-pyrrole nitrogens is 1. The van der Waals surface area contributed by atoms with Crippen molar-refractivity contribution in [2.75, 3.05) is 19.6 Å². The molecule has 0 saturated carbocycles. The Labute approximate surface area is 204 Å². The normalized spacial score (nSPS) is 15.1. The van der Waals surface area contributed by atoms with Gasteiger partial charge in [-0.15, -0.1) is 0 Å². The number of nitrogens with one attached hydrogen (secondary N) is 1. The smallest absolute Gasteiger partial charge is 0.311 e. The fraction of sp³-hybridized carbons (Fsp3) is 0.500. The average molecular weight is 461 g/mol. The van der Waals surface area contributed by atoms with Gasteiger partial charge in [-0.25, -0.2) is 0 Å². The van der Waals surface area contributed by atoms with E-state index in [1.807, 2.05) is 18.2 Å². The Morgan fingerprint density at radius 3 is 2.62 bits per heavy atom. The van der Waals surface area contributed by atoms with Crippen molar-refractivity contribution in [2.45, 2.75) is 77.0 Å². The van der Waals surface area contributed by atoms with Gasteiger partial charge in [0.25, 0.3) is 0 Å². The first-order valence-electron chi connectivity index (χ1n) is 13.3. The van der Waals surface area contributed by atoms with Crippen LogP contribution in [0.3, 0.4) is 0 Å². The lowest BCUT2D eigenvalue weighted by atomic mass is 9.89. The summed E-state index contributed by atoms with van der Waals surface area (Å²) in [4.78, 5) is 18.2. The van der Waals surface area contributed by atoms with Crippen molar-refractivity contribution in [3.05, 3.63) is 65.9 Å². The first kappa shape index (κ1) is 24.5. The number of likely N-dealkylation sites (tertiary alicyclic amines) is 1. The fourth-order valence-corrected chi connectivity index (χ4v) is 5.17. The molecule has 0 unspecified atom stereocenters. The summed E-state index contributed by atoms with van der Waals surface area (Å²) in [5.74, 6) is 1.27. The maximum Gasteiger partial charge on any atom is 0.311 e. The number of carbonyl (C=O) groups is 1. The lowest BCUT2D eigenvalue weighted by Crippen LogP contribution is -2.33. The number of benzene rings is 2. The van der Waals surface area contributed by atoms with Crippen LogP contribution in [0.2, 0.25) is 0 Å². The summed E-state index contributed by atoms with van der Waals surface area (Å²) in [5.41, 5.74) is 3.93. The van der Waals surface area contributed by atoms with E-state index in [-0.39, 0.29) is 5.97 Å². The molecule has 1 aromatic heterocycles. The van der Waals surface area contributed by atoms with Crippen LogP contribution in [-0.2, 0) is 11.2 Å². The first-order chi connectivity index (χ1) is 16.7. The van der Waals surface area contributed by atoms with Gasteiger partial charge in [0, 0.05) is 23.5 Å². The SMILES string of the molecule is CCCCCCC(=O)Oc1ccc2[nH]cc(CCCCN3CCC(c4ccccc4)CC3)c2c1. The highest BCUT2D eigenvalue weighted by atomic mass is 16.5. The van der Waals surface area contributed by atoms with E-state index in [4.69, 9.17) is 4.74 Å². The van der Waals surface area contributed by atoms with Crippen LogP contribution < -0.4 is 4.74 Å². The van der Waals surface area contributed by atoms with Gasteiger partial charge in [-0.3, -0.25) is 4.79 Å². The Hall–Kier alpha value is -2.59. The minimum absolute atomic E-state index is 0.122. The van der Waals surface area contributed by atoms with E-state index in [0.29, 0.717) is 12.2 Å². The molecule has 1 saturated heterocycles. The average Bonchev–Trinajstić information content (AvgIpc) is 3.27. The van der Waals surface area contributed by atoms with Crippen molar-refractivity contribution < 1.29 is 9.53 Å². The van der Waals surface area contributed by atoms with E-state index in [1.165, 1.54) is 74.7 Å². The highest BCUT2D eigenvalue weighted by Crippen LogP contribution is 2.28. The molecule has 2 aromatic carbocycles. The summed E-state index contributed by atoms with van der Waals surface area (Å²) in [6.07, 6.45) is 13.0. The number of hydrogen-bond donors (Lipinski definition) is 1. The monoisotopic (exact) mass is 460 g/mol. The van der Waals surface area contributed by atoms with Crippen LogP contribution >= 0.6 is 0 Å². The molecule has 0 radical (unpaired) electrons. The largest absolute Gasteiger partial charge is 0.427 e. The molecule has 2 heterocycles. The molecule has 0 atom stereocenters. The van der Waals surface area contributed by atoms with E-state index in [9.17, 15) is 4.79 Å². The summed E-state index contributed by atoms with van der Waals surface area (Å²) in [6, 6.07) is 16.9. The van der Waals surface area contributed by atoms with Crippen molar-refractivity contribution in [1.29, 1.82) is 0 Å². The van der Waals surface area contributed by atoms with Gasteiger partial charge in [-0.05, 0) is 93.4 Å². The molecule has 4 heteroatoms. The van der Waals surface area contributed by atoms with Gasteiger partial charge in [-0.1, -0.05) is 56.5 Å². The fourth-order valence-electron chi connectivity index (χ4n) is 5.17. The number of fused-ring (bicyclic) bond motifs is 1. The minimum Gasteiger partial charge on any atom is -0.427 e. The number of piperidine rings is 1. The van der Waals surface area contributed by atoms with Crippen LogP contribution in [0, 0.1) is 0 Å². The van der Waals surface area contributed by atoms with Crippen molar-refractivity contribution in [3.63, 3.8) is 0 Å². The highest BCUT2D eigenvalue weighted by molar-refractivity contribution is 5.85. The molecule has 1 fully saturated rings. The van der Waals surface area contributed by atoms with Gasteiger partial charge in [0.05, 0.1) is 0 Å². The Morgan fingerprint density at radius 2 is 1.82 bits per heavy atom. The molecule has 0 bridgehead atoms. The number of hydrogen-bond acceptors (Lipinski definition) is 3. The Bertz CT molecular complexity index is 1020. The summed E-state index contributed by atoms with van der Waals surface area (Å²) >= 11 is 0. The minimum atomic E-state index is -0.122. The predicted octanol–water partition coefficient (Wildman–Crippen LogP) is 7.25. The summed E-state index contributed by atoms with van der Waals surface area (Å²) in [7, 11) is 0. The third-order valence-electron chi connectivity index (χ3n) is 7.23. The summed E-state index contributed by atoms with van der Waals surface area (Å²) < 4.78 is 5.61. The lowest BCUT2D eigenvalue weighted by molar-refractivity contribution is -0.134. The Kier molecular flexibility index (Phi) is 9.20. The van der Waals surface area contributed by atoms with Crippen molar-refractivity contribution in [2.24, 2.45) is 0 Å². The van der Waals surface area contributed by atoms with E-state index in [0.717, 1.165) is 30.7 Å². The zero-order valence-electron chi connectivity index (χ0n) is 20.7. The van der Waals surface area contributed by atoms with Crippen molar-refractivity contribution in [1.82, 2.24) is 9.88 Å². The molecule has 4 nitrogen and oxygen atoms in total. The third kappa shape index (κ3) is 6.96. The number of aryl methyl sites for hydroxylation is 1. The molecule has 0 aliphatic carbocycles. The molecule has 182 valence electrons. The molecule has 0 amide bonds. The Morgan fingerprint density at radius 1 is 1.00 bits per heavy atom. The second-order valence-electron chi connectivity index (χ2n) is 9.79. The predicted molar refractivity (Wildman–Crippen MR) is 140 cm³/mol. The number of ether oxygens (including phenoxy) is 1. The number of carbonyl (C=O) groups excluding carboxylic acids is 1. The first-order valence-corrected chi connectivity index (χ1v) is 13.3. The van der Waals surface area contributed by atoms with Crippen LogP contribution in [0.25, 0.3) is 10.9 Å². The maximum atomic E-state index is 12.2. The number of esters is 1. The molecule has 34 heavy (non-hydrogen) atoms. The number of rotatable bonds is 12. The molecule has 3 aromatic rings. The topological polar surface area (TPSA) is 45.3 Å². The van der Waals surface area contributed by atoms with Crippen LogP contribution in [0.4, 0.5) is 0 Å². The van der Waals surface area contributed by atoms with E-state index in [1.54, 1.807) is 0 Å². The van der Waals surface area contributed by atoms with E-state index < -0.39 is 0 Å². The maximum absolute atomic E-state index is 12.2. The van der Waals surface area contributed by atoms with Crippen LogP contribution in [0.1, 0.15) is 81.8 Å². The van der Waals surface area contributed by atoms with Gasteiger partial charge in [-0.2, -0.15) is 0 Å². The number of aromatic nitrogens is 1. The van der Waals surface area contributed by atoms with Gasteiger partial charge >= 0.3 is 5.97 Å². The van der Waals surface area contributed by atoms with Crippen molar-refractivity contribution >= 4 is 16.9 Å². The molecule has 0 spiro atoms. The lowest BCUT2D eigenvalue weighted by Gasteiger charge is -2.32. The number of nitrogens with zero attached hydrogens (tertiary/aromatic N) is 1. The summed E-state index contributed by atoms with van der Waals surface area (Å²) in [6.45, 7) is 5.78. The highest BCUT2D eigenvalue weighted by Gasteiger charge is 2.20. The Balaban J connectivity index is 1.20. The van der Waals surface area contributed by atoms with Crippen LogP contribution in [-0.4, -0.2) is 35.5 Å². The van der Waals surface area contributed by atoms with Crippen LogP contribution in [0.15, 0.2) is 54.7 Å². The molecular formula is C30H40N2O2. The number of aromatic amines is 1. The van der Waals surface area contributed by atoms with Crippen molar-refractivity contribution in [3.8, 4) is 5.75 Å². The zero-order chi connectivity index (χ0) is 23.6. The van der Waals surface area contributed by atoms with Gasteiger partial charge < -0.3 is 14.6 Å². The van der Waals surface area contributed by atoms with Gasteiger partial charge in [0.15, 0.2) is 0 Å². The van der Waals surface area contributed by atoms with E-state index in [2.05, 4.69) is 53.3 Å². The second kappa shape index (κ2) is 12.8. The third-order valence-corrected chi connectivity index (χ3v) is 7.23. The van der Waals surface area contributed by atoms with Crippen LogP contribution in [0.5, 0.6) is 5.75 Å². The van der Waals surface area contributed by atoms with Gasteiger partial charge in [0.2, 0.25) is 0 Å². The molecule has 1 N–H and O–H groups in total. The summed E-state index contributed by atoms with van der Waals surface area (Å²) in [5, 5.41) is 1.18. The van der Waals surface area contributed by atoms with E-state index >= 15 is 0 Å². The van der Waals surface area contributed by atoms with Gasteiger partial charge in [0.1, 0.15) is 5.75 Å². The second-order valence-corrected chi connectivity index (χ2v) is 9.79. The molecular weight excluding hydrogens is 420 g/mol. The molecule has 1 aliphatic rings.